The van der Waals surface area contributed by atoms with Gasteiger partial charge in [0.2, 0.25) is 0 Å². The fraction of sp³-hybridized carbons (Fsp3) is 0.250. The number of aromatic nitrogens is 2. The van der Waals surface area contributed by atoms with Crippen molar-refractivity contribution in [2.75, 3.05) is 19.5 Å². The normalized spacial score (nSPS) is 12.1. The van der Waals surface area contributed by atoms with Gasteiger partial charge in [-0.1, -0.05) is 24.3 Å². The summed E-state index contributed by atoms with van der Waals surface area (Å²) >= 11 is 1.81. The number of hydrogen-bond acceptors (Lipinski definition) is 6. The second kappa shape index (κ2) is 8.81. The number of thiophene rings is 1. The third kappa shape index (κ3) is 4.01. The molecule has 0 aliphatic rings. The van der Waals surface area contributed by atoms with Crippen LogP contribution in [0.4, 0.5) is 5.82 Å². The molecule has 0 radical (unpaired) electrons. The number of aryl methyl sites for hydroxylation is 1. The van der Waals surface area contributed by atoms with E-state index >= 15 is 0 Å². The number of anilines is 1. The van der Waals surface area contributed by atoms with Crippen molar-refractivity contribution in [3.63, 3.8) is 0 Å². The highest BCUT2D eigenvalue weighted by Gasteiger charge is 2.15. The Balaban J connectivity index is 1.63. The Morgan fingerprint density at radius 3 is 2.67 bits per heavy atom. The van der Waals surface area contributed by atoms with Crippen molar-refractivity contribution in [2.24, 2.45) is 0 Å². The van der Waals surface area contributed by atoms with Gasteiger partial charge >= 0.3 is 0 Å². The lowest BCUT2D eigenvalue weighted by Crippen LogP contribution is -2.08. The molecule has 0 saturated heterocycles. The highest BCUT2D eigenvalue weighted by molar-refractivity contribution is 7.15. The van der Waals surface area contributed by atoms with Crippen LogP contribution >= 0.6 is 11.3 Å². The topological polar surface area (TPSA) is 59.1 Å². The van der Waals surface area contributed by atoms with Gasteiger partial charge in [-0.3, -0.25) is 0 Å². The molecule has 0 spiro atoms. The number of methoxy groups -OCH3 is 1. The van der Waals surface area contributed by atoms with Crippen LogP contribution in [0.25, 0.3) is 21.2 Å². The maximum absolute atomic E-state index is 5.41. The van der Waals surface area contributed by atoms with E-state index in [1.54, 1.807) is 18.4 Å². The van der Waals surface area contributed by atoms with Gasteiger partial charge in [-0.25, -0.2) is 0 Å². The van der Waals surface area contributed by atoms with Gasteiger partial charge < -0.3 is 15.4 Å². The average Bonchev–Trinajstić information content (AvgIpc) is 3.26. The first-order valence-electron chi connectivity index (χ1n) is 10.0. The Bertz CT molecular complexity index is 1170. The van der Waals surface area contributed by atoms with Gasteiger partial charge in [0.15, 0.2) is 5.82 Å². The zero-order valence-corrected chi connectivity index (χ0v) is 18.5. The van der Waals surface area contributed by atoms with E-state index in [0.29, 0.717) is 0 Å². The minimum Gasteiger partial charge on any atom is -0.497 e. The summed E-state index contributed by atoms with van der Waals surface area (Å²) in [5.41, 5.74) is 3.49. The van der Waals surface area contributed by atoms with Crippen LogP contribution in [-0.4, -0.2) is 24.4 Å². The van der Waals surface area contributed by atoms with Crippen molar-refractivity contribution >= 4 is 27.9 Å². The van der Waals surface area contributed by atoms with E-state index in [1.165, 1.54) is 20.9 Å². The van der Waals surface area contributed by atoms with E-state index in [-0.39, 0.29) is 6.04 Å². The van der Waals surface area contributed by atoms with Crippen molar-refractivity contribution in [1.29, 1.82) is 0 Å². The first-order valence-corrected chi connectivity index (χ1v) is 10.8. The number of ether oxygens (including phenoxy) is 1. The van der Waals surface area contributed by atoms with Crippen LogP contribution in [0.5, 0.6) is 5.75 Å². The molecule has 0 amide bonds. The minimum absolute atomic E-state index is 0.103. The van der Waals surface area contributed by atoms with Crippen LogP contribution in [0, 0.1) is 6.92 Å². The van der Waals surface area contributed by atoms with Crippen LogP contribution in [0.15, 0.2) is 54.6 Å². The first-order chi connectivity index (χ1) is 14.6. The molecule has 4 rings (SSSR count). The smallest absolute Gasteiger partial charge is 0.157 e. The second-order valence-corrected chi connectivity index (χ2v) is 8.42. The zero-order chi connectivity index (χ0) is 21.1. The summed E-state index contributed by atoms with van der Waals surface area (Å²) in [6, 6.07) is 19.1. The van der Waals surface area contributed by atoms with E-state index in [2.05, 4.69) is 64.2 Å². The standard InChI is InChI=1S/C24H26N4OS/c1-15-19-10-9-18(29-4)13-21(19)24(28-27-15)26-16(2)22-11-12-23(30-22)20-8-6-5-7-17(20)14-25-3/h5-13,16,25H,14H2,1-4H3,(H,26,28)/t16-/m1/s1. The summed E-state index contributed by atoms with van der Waals surface area (Å²) in [5.74, 6) is 1.58. The lowest BCUT2D eigenvalue weighted by Gasteiger charge is -2.15. The average molecular weight is 419 g/mol. The van der Waals surface area contributed by atoms with Gasteiger partial charge in [0.25, 0.3) is 0 Å². The van der Waals surface area contributed by atoms with E-state index in [9.17, 15) is 0 Å². The predicted octanol–water partition coefficient (Wildman–Crippen LogP) is 5.57. The fourth-order valence-corrected chi connectivity index (χ4v) is 4.68. The van der Waals surface area contributed by atoms with E-state index in [4.69, 9.17) is 4.74 Å². The van der Waals surface area contributed by atoms with Crippen molar-refractivity contribution < 1.29 is 4.74 Å². The van der Waals surface area contributed by atoms with E-state index < -0.39 is 0 Å². The Kier molecular flexibility index (Phi) is 5.97. The van der Waals surface area contributed by atoms with Crippen molar-refractivity contribution in [1.82, 2.24) is 15.5 Å². The molecule has 0 aliphatic heterocycles. The Morgan fingerprint density at radius 2 is 1.87 bits per heavy atom. The molecule has 1 atom stereocenters. The molecule has 0 aliphatic carbocycles. The third-order valence-corrected chi connectivity index (χ3v) is 6.53. The van der Waals surface area contributed by atoms with Crippen LogP contribution < -0.4 is 15.4 Å². The van der Waals surface area contributed by atoms with Gasteiger partial charge in [0, 0.05) is 27.1 Å². The molecule has 6 heteroatoms. The number of benzene rings is 2. The molecule has 0 saturated carbocycles. The SMILES string of the molecule is CNCc1ccccc1-c1ccc([C@@H](C)Nc2nnc(C)c3ccc(OC)cc23)s1. The summed E-state index contributed by atoms with van der Waals surface area (Å²) in [7, 11) is 3.65. The molecule has 154 valence electrons. The molecule has 2 aromatic heterocycles. The Morgan fingerprint density at radius 1 is 1.03 bits per heavy atom. The Labute approximate surface area is 181 Å². The summed E-state index contributed by atoms with van der Waals surface area (Å²) in [4.78, 5) is 2.52. The number of hydrogen-bond donors (Lipinski definition) is 2. The lowest BCUT2D eigenvalue weighted by molar-refractivity contribution is 0.415. The molecular formula is C24H26N4OS. The summed E-state index contributed by atoms with van der Waals surface area (Å²) < 4.78 is 5.41. The number of nitrogens with zero attached hydrogens (tertiary/aromatic N) is 2. The molecule has 2 aromatic carbocycles. The van der Waals surface area contributed by atoms with Crippen LogP contribution in [-0.2, 0) is 6.54 Å². The van der Waals surface area contributed by atoms with E-state index in [0.717, 1.165) is 34.6 Å². The maximum atomic E-state index is 5.41. The fourth-order valence-electron chi connectivity index (χ4n) is 3.61. The summed E-state index contributed by atoms with van der Waals surface area (Å²) in [6.45, 7) is 4.98. The highest BCUT2D eigenvalue weighted by atomic mass is 32.1. The molecule has 0 fully saturated rings. The van der Waals surface area contributed by atoms with Gasteiger partial charge in [-0.15, -0.1) is 16.4 Å². The first kappa shape index (κ1) is 20.3. The molecule has 2 N–H and O–H groups in total. The van der Waals surface area contributed by atoms with Gasteiger partial charge in [-0.2, -0.15) is 5.10 Å². The second-order valence-electron chi connectivity index (χ2n) is 7.30. The maximum Gasteiger partial charge on any atom is 0.157 e. The largest absolute Gasteiger partial charge is 0.497 e. The van der Waals surface area contributed by atoms with Gasteiger partial charge in [-0.05, 0) is 62.4 Å². The van der Waals surface area contributed by atoms with Crippen LogP contribution in [0.2, 0.25) is 0 Å². The van der Waals surface area contributed by atoms with Gasteiger partial charge in [0.1, 0.15) is 5.75 Å². The van der Waals surface area contributed by atoms with Crippen molar-refractivity contribution in [2.45, 2.75) is 26.4 Å². The van der Waals surface area contributed by atoms with Crippen molar-refractivity contribution in [3.8, 4) is 16.2 Å². The molecule has 0 unspecified atom stereocenters. The zero-order valence-electron chi connectivity index (χ0n) is 17.7. The molecule has 0 bridgehead atoms. The van der Waals surface area contributed by atoms with Crippen LogP contribution in [0.3, 0.4) is 0 Å². The van der Waals surface area contributed by atoms with Crippen molar-refractivity contribution in [3.05, 3.63) is 70.7 Å². The molecule has 4 aromatic rings. The molecule has 5 nitrogen and oxygen atoms in total. The molecule has 30 heavy (non-hydrogen) atoms. The number of rotatable bonds is 7. The summed E-state index contributed by atoms with van der Waals surface area (Å²) in [6.07, 6.45) is 0. The predicted molar refractivity (Wildman–Crippen MR) is 125 cm³/mol. The monoisotopic (exact) mass is 418 g/mol. The van der Waals surface area contributed by atoms with Gasteiger partial charge in [0.05, 0.1) is 18.8 Å². The number of fused-ring (bicyclic) bond motifs is 1. The Hall–Kier alpha value is -2.96. The minimum atomic E-state index is 0.103. The number of nitrogens with one attached hydrogen (secondary N) is 2. The quantitative estimate of drug-likeness (QED) is 0.411. The molecular weight excluding hydrogens is 392 g/mol. The van der Waals surface area contributed by atoms with Crippen LogP contribution in [0.1, 0.15) is 29.1 Å². The lowest BCUT2D eigenvalue weighted by atomic mass is 10.1. The summed E-state index contributed by atoms with van der Waals surface area (Å²) in [5, 5.41) is 17.7. The molecule has 2 heterocycles. The highest BCUT2D eigenvalue weighted by Crippen LogP contribution is 2.35. The van der Waals surface area contributed by atoms with E-state index in [1.807, 2.05) is 32.2 Å². The third-order valence-electron chi connectivity index (χ3n) is 5.23.